The third-order valence-corrected chi connectivity index (χ3v) is 4.82. The lowest BCUT2D eigenvalue weighted by atomic mass is 9.84. The molecular weight excluding hydrogens is 284 g/mol. The second-order valence-corrected chi connectivity index (χ2v) is 6.13. The highest BCUT2D eigenvalue weighted by molar-refractivity contribution is 6.10. The second kappa shape index (κ2) is 5.54. The Hall–Kier alpha value is -2.61. The number of carbonyl (C=O) groups is 1. The molecule has 0 N–H and O–H groups in total. The molecule has 0 fully saturated rings. The summed E-state index contributed by atoms with van der Waals surface area (Å²) in [6, 6.07) is 15.9. The Morgan fingerprint density at radius 2 is 1.87 bits per heavy atom. The number of hydrogen-bond acceptors (Lipinski definition) is 2. The molecule has 0 unspecified atom stereocenters. The van der Waals surface area contributed by atoms with Gasteiger partial charge in [0.2, 0.25) is 0 Å². The molecule has 2 aliphatic carbocycles. The van der Waals surface area contributed by atoms with Crippen molar-refractivity contribution in [3.05, 3.63) is 89.0 Å². The number of fused-ring (bicyclic) bond motifs is 3. The molecule has 23 heavy (non-hydrogen) atoms. The van der Waals surface area contributed by atoms with Gasteiger partial charge >= 0.3 is 0 Å². The predicted octanol–water partition coefficient (Wildman–Crippen LogP) is 4.33. The van der Waals surface area contributed by atoms with Crippen LogP contribution in [-0.4, -0.2) is 12.9 Å². The van der Waals surface area contributed by atoms with Gasteiger partial charge in [-0.05, 0) is 47.7 Å². The van der Waals surface area contributed by atoms with Crippen LogP contribution in [-0.2, 0) is 6.42 Å². The van der Waals surface area contributed by atoms with Crippen LogP contribution in [0.1, 0.15) is 27.4 Å². The highest BCUT2D eigenvalue weighted by atomic mass is 16.5. The summed E-state index contributed by atoms with van der Waals surface area (Å²) in [5.41, 5.74) is 4.31. The lowest BCUT2D eigenvalue weighted by Crippen LogP contribution is -2.12. The Balaban J connectivity index is 1.60. The van der Waals surface area contributed by atoms with Gasteiger partial charge in [-0.1, -0.05) is 42.5 Å². The van der Waals surface area contributed by atoms with Gasteiger partial charge in [0.15, 0.2) is 5.78 Å². The van der Waals surface area contributed by atoms with Gasteiger partial charge in [0, 0.05) is 17.1 Å². The number of ether oxygens (including phenoxy) is 1. The molecular formula is C21H18O2. The Morgan fingerprint density at radius 1 is 1.09 bits per heavy atom. The van der Waals surface area contributed by atoms with E-state index in [9.17, 15) is 4.79 Å². The third-order valence-electron chi connectivity index (χ3n) is 4.82. The Kier molecular flexibility index (Phi) is 3.38. The quantitative estimate of drug-likeness (QED) is 0.789. The van der Waals surface area contributed by atoms with Gasteiger partial charge in [-0.2, -0.15) is 0 Å². The maximum absolute atomic E-state index is 12.7. The monoisotopic (exact) mass is 302 g/mol. The van der Waals surface area contributed by atoms with Crippen molar-refractivity contribution in [3.63, 3.8) is 0 Å². The zero-order chi connectivity index (χ0) is 15.8. The van der Waals surface area contributed by atoms with Gasteiger partial charge in [0.1, 0.15) is 5.75 Å². The molecule has 0 saturated heterocycles. The topological polar surface area (TPSA) is 26.3 Å². The average Bonchev–Trinajstić information content (AvgIpc) is 2.99. The number of hydrogen-bond donors (Lipinski definition) is 0. The molecule has 2 aromatic carbocycles. The highest BCUT2D eigenvalue weighted by Crippen LogP contribution is 2.42. The van der Waals surface area contributed by atoms with Crippen molar-refractivity contribution in [3.8, 4) is 5.75 Å². The summed E-state index contributed by atoms with van der Waals surface area (Å²) < 4.78 is 5.15. The Labute approximate surface area is 136 Å². The first-order valence-corrected chi connectivity index (χ1v) is 7.93. The fourth-order valence-electron chi connectivity index (χ4n) is 3.62. The number of ketones is 1. The SMILES string of the molecule is COc1ccc(C(=O)C2=C[C@@H]3Cc4ccccc4[C@H]3C=C2)cc1. The first-order valence-electron chi connectivity index (χ1n) is 7.93. The van der Waals surface area contributed by atoms with E-state index in [0.717, 1.165) is 17.7 Å². The summed E-state index contributed by atoms with van der Waals surface area (Å²) in [7, 11) is 1.63. The minimum absolute atomic E-state index is 0.0818. The smallest absolute Gasteiger partial charge is 0.192 e. The molecule has 2 heteroatoms. The van der Waals surface area contributed by atoms with Crippen LogP contribution >= 0.6 is 0 Å². The summed E-state index contributed by atoms with van der Waals surface area (Å²) in [4.78, 5) is 12.7. The molecule has 2 nitrogen and oxygen atoms in total. The van der Waals surface area contributed by atoms with Crippen LogP contribution in [0.25, 0.3) is 0 Å². The van der Waals surface area contributed by atoms with Crippen LogP contribution in [0.2, 0.25) is 0 Å². The molecule has 0 amide bonds. The van der Waals surface area contributed by atoms with E-state index in [2.05, 4.69) is 36.4 Å². The van der Waals surface area contributed by atoms with Crippen LogP contribution < -0.4 is 4.74 Å². The molecule has 0 bridgehead atoms. The van der Waals surface area contributed by atoms with E-state index in [1.807, 2.05) is 30.3 Å². The normalized spacial score (nSPS) is 21.3. The van der Waals surface area contributed by atoms with Crippen molar-refractivity contribution in [2.45, 2.75) is 12.3 Å². The van der Waals surface area contributed by atoms with Crippen LogP contribution in [0.4, 0.5) is 0 Å². The number of Topliss-reactive ketones (excluding diaryl/α,β-unsaturated/α-hetero) is 1. The maximum atomic E-state index is 12.7. The number of rotatable bonds is 3. The molecule has 4 rings (SSSR count). The Bertz CT molecular complexity index is 812. The predicted molar refractivity (Wildman–Crippen MR) is 90.9 cm³/mol. The second-order valence-electron chi connectivity index (χ2n) is 6.13. The standard InChI is InChI=1S/C21H18O2/c1-23-18-9-6-14(7-10-18)21(22)16-8-11-20-17(13-16)12-15-4-2-3-5-19(15)20/h2-11,13,17,20H,12H2,1H3/t17-,20-/m0/s1. The van der Waals surface area contributed by atoms with Crippen LogP contribution in [0, 0.1) is 5.92 Å². The van der Waals surface area contributed by atoms with E-state index >= 15 is 0 Å². The molecule has 0 radical (unpaired) electrons. The van der Waals surface area contributed by atoms with Crippen molar-refractivity contribution >= 4 is 5.78 Å². The minimum Gasteiger partial charge on any atom is -0.497 e. The van der Waals surface area contributed by atoms with Crippen LogP contribution in [0.15, 0.2) is 72.3 Å². The van der Waals surface area contributed by atoms with Crippen LogP contribution in [0.3, 0.4) is 0 Å². The van der Waals surface area contributed by atoms with Gasteiger partial charge < -0.3 is 4.74 Å². The zero-order valence-electron chi connectivity index (χ0n) is 13.0. The fraction of sp³-hybridized carbons (Fsp3) is 0.190. The first-order chi connectivity index (χ1) is 11.3. The maximum Gasteiger partial charge on any atom is 0.192 e. The van der Waals surface area contributed by atoms with E-state index in [-0.39, 0.29) is 5.78 Å². The van der Waals surface area contributed by atoms with Crippen molar-refractivity contribution in [1.29, 1.82) is 0 Å². The van der Waals surface area contributed by atoms with E-state index in [4.69, 9.17) is 4.74 Å². The first kappa shape index (κ1) is 14.0. The summed E-state index contributed by atoms with van der Waals surface area (Å²) in [6.07, 6.45) is 7.34. The number of methoxy groups -OCH3 is 1. The molecule has 0 aliphatic heterocycles. The van der Waals surface area contributed by atoms with Crippen molar-refractivity contribution in [1.82, 2.24) is 0 Å². The third kappa shape index (κ3) is 2.40. The summed E-state index contributed by atoms with van der Waals surface area (Å²) in [5.74, 6) is 1.66. The molecule has 0 spiro atoms. The van der Waals surface area contributed by atoms with Crippen molar-refractivity contribution < 1.29 is 9.53 Å². The molecule has 0 saturated carbocycles. The van der Waals surface area contributed by atoms with Gasteiger partial charge in [-0.15, -0.1) is 0 Å². The summed E-state index contributed by atoms with van der Waals surface area (Å²) in [6.45, 7) is 0. The molecule has 2 atom stereocenters. The summed E-state index contributed by atoms with van der Waals surface area (Å²) >= 11 is 0. The number of carbonyl (C=O) groups excluding carboxylic acids is 1. The highest BCUT2D eigenvalue weighted by Gasteiger charge is 2.32. The Morgan fingerprint density at radius 3 is 2.65 bits per heavy atom. The van der Waals surface area contributed by atoms with Gasteiger partial charge in [0.05, 0.1) is 7.11 Å². The summed E-state index contributed by atoms with van der Waals surface area (Å²) in [5, 5.41) is 0. The van der Waals surface area contributed by atoms with E-state index < -0.39 is 0 Å². The molecule has 2 aliphatic rings. The number of benzene rings is 2. The van der Waals surface area contributed by atoms with Crippen molar-refractivity contribution in [2.75, 3.05) is 7.11 Å². The lowest BCUT2D eigenvalue weighted by molar-refractivity contribution is 0.103. The van der Waals surface area contributed by atoms with E-state index in [0.29, 0.717) is 17.4 Å². The molecule has 0 heterocycles. The zero-order valence-corrected chi connectivity index (χ0v) is 13.0. The van der Waals surface area contributed by atoms with Gasteiger partial charge in [-0.25, -0.2) is 0 Å². The van der Waals surface area contributed by atoms with Crippen LogP contribution in [0.5, 0.6) is 5.75 Å². The van der Waals surface area contributed by atoms with Gasteiger partial charge in [-0.3, -0.25) is 4.79 Å². The largest absolute Gasteiger partial charge is 0.497 e. The van der Waals surface area contributed by atoms with Crippen molar-refractivity contribution in [2.24, 2.45) is 5.92 Å². The number of allylic oxidation sites excluding steroid dienone is 4. The fourth-order valence-corrected chi connectivity index (χ4v) is 3.62. The molecule has 114 valence electrons. The lowest BCUT2D eigenvalue weighted by Gasteiger charge is -2.19. The minimum atomic E-state index is 0.0818. The van der Waals surface area contributed by atoms with E-state index in [1.54, 1.807) is 7.11 Å². The molecule has 2 aromatic rings. The average molecular weight is 302 g/mol. The van der Waals surface area contributed by atoms with Gasteiger partial charge in [0.25, 0.3) is 0 Å². The molecule has 0 aromatic heterocycles. The van der Waals surface area contributed by atoms with E-state index in [1.165, 1.54) is 11.1 Å².